The Balaban J connectivity index is 0.000000152. The molecule has 0 bridgehead atoms. The van der Waals surface area contributed by atoms with E-state index in [4.69, 9.17) is 29.0 Å². The summed E-state index contributed by atoms with van der Waals surface area (Å²) in [6, 6.07) is 29.3. The molecule has 0 aliphatic heterocycles. The van der Waals surface area contributed by atoms with E-state index in [1.165, 1.54) is 0 Å². The molecule has 0 spiro atoms. The number of halogens is 2. The van der Waals surface area contributed by atoms with Crippen molar-refractivity contribution in [2.75, 3.05) is 5.84 Å². The number of nitrogen functional groups attached to an aromatic ring is 1. The Kier molecular flexibility index (Phi) is 6.72. The third-order valence-electron chi connectivity index (χ3n) is 5.76. The quantitative estimate of drug-likeness (QED) is 0.282. The van der Waals surface area contributed by atoms with Gasteiger partial charge in [0.2, 0.25) is 0 Å². The van der Waals surface area contributed by atoms with E-state index in [0.29, 0.717) is 26.5 Å². The number of aromatic amines is 1. The first kappa shape index (κ1) is 24.2. The summed E-state index contributed by atoms with van der Waals surface area (Å²) in [7, 11) is 0. The van der Waals surface area contributed by atoms with Crippen LogP contribution in [0, 0.1) is 0 Å². The maximum atomic E-state index is 11.9. The standard InChI is InChI=1S/C14H10ClN3O.C14H9ClN2O/c15-10-7-5-9(6-8-10)13-11-3-1-2-4-12(11)14(19)18(16)17-13;15-10-7-5-9(6-8-10)13-11-3-1-2-4-12(11)14(18)17-16-13/h1-8H,16H2;1-8H,(H,17,18). The number of nitrogens with zero attached hydrogens (tertiary/aromatic N) is 3. The number of H-pyrrole nitrogens is 1. The van der Waals surface area contributed by atoms with E-state index in [1.807, 2.05) is 54.6 Å². The van der Waals surface area contributed by atoms with Crippen molar-refractivity contribution in [1.29, 1.82) is 0 Å². The molecule has 0 unspecified atom stereocenters. The van der Waals surface area contributed by atoms with Gasteiger partial charge in [-0.3, -0.25) is 9.59 Å². The Bertz CT molecular complexity index is 1850. The highest BCUT2D eigenvalue weighted by atomic mass is 35.5. The van der Waals surface area contributed by atoms with Gasteiger partial charge in [0.25, 0.3) is 11.1 Å². The van der Waals surface area contributed by atoms with Gasteiger partial charge in [0.05, 0.1) is 16.5 Å². The minimum absolute atomic E-state index is 0.177. The lowest BCUT2D eigenvalue weighted by atomic mass is 10.1. The molecule has 3 N–H and O–H groups in total. The molecule has 0 fully saturated rings. The van der Waals surface area contributed by atoms with Crippen molar-refractivity contribution in [3.05, 3.63) is 128 Å². The van der Waals surface area contributed by atoms with Crippen LogP contribution in [0.25, 0.3) is 44.1 Å². The summed E-state index contributed by atoms with van der Waals surface area (Å²) >= 11 is 11.7. The smallest absolute Gasteiger partial charge is 0.293 e. The van der Waals surface area contributed by atoms with Gasteiger partial charge in [-0.05, 0) is 36.4 Å². The monoisotopic (exact) mass is 527 g/mol. The lowest BCUT2D eigenvalue weighted by molar-refractivity contribution is 0.781. The van der Waals surface area contributed by atoms with E-state index in [0.717, 1.165) is 32.4 Å². The summed E-state index contributed by atoms with van der Waals surface area (Å²) in [5, 5.41) is 14.9. The predicted molar refractivity (Wildman–Crippen MR) is 149 cm³/mol. The minimum atomic E-state index is -0.312. The van der Waals surface area contributed by atoms with E-state index >= 15 is 0 Å². The van der Waals surface area contributed by atoms with Crippen LogP contribution in [0.15, 0.2) is 107 Å². The molecular weight excluding hydrogens is 509 g/mol. The molecule has 0 saturated carbocycles. The fraction of sp³-hybridized carbons (Fsp3) is 0. The Morgan fingerprint density at radius 2 is 1.08 bits per heavy atom. The molecule has 6 aromatic rings. The molecule has 7 nitrogen and oxygen atoms in total. The largest absolute Gasteiger partial charge is 0.320 e. The Hall–Kier alpha value is -4.46. The Labute approximate surface area is 220 Å². The van der Waals surface area contributed by atoms with Crippen molar-refractivity contribution < 1.29 is 0 Å². The summed E-state index contributed by atoms with van der Waals surface area (Å²) in [4.78, 5) is 24.5. The van der Waals surface area contributed by atoms with Crippen LogP contribution in [0.1, 0.15) is 0 Å². The maximum Gasteiger partial charge on any atom is 0.293 e. The molecule has 0 aliphatic rings. The lowest BCUT2D eigenvalue weighted by Crippen LogP contribution is -2.30. The van der Waals surface area contributed by atoms with Crippen LogP contribution in [0.4, 0.5) is 0 Å². The molecule has 2 heterocycles. The topological polar surface area (TPSA) is 107 Å². The van der Waals surface area contributed by atoms with Gasteiger partial charge < -0.3 is 5.84 Å². The average Bonchev–Trinajstić information content (AvgIpc) is 2.93. The van der Waals surface area contributed by atoms with E-state index < -0.39 is 0 Å². The van der Waals surface area contributed by atoms with Gasteiger partial charge in [-0.15, -0.1) is 9.89 Å². The fourth-order valence-corrected chi connectivity index (χ4v) is 4.22. The van der Waals surface area contributed by atoms with Crippen molar-refractivity contribution in [3.63, 3.8) is 0 Å². The number of aromatic nitrogens is 4. The molecule has 0 amide bonds. The lowest BCUT2D eigenvalue weighted by Gasteiger charge is -2.07. The molecule has 0 atom stereocenters. The van der Waals surface area contributed by atoms with Crippen molar-refractivity contribution in [3.8, 4) is 22.5 Å². The number of nitrogens with one attached hydrogen (secondary N) is 1. The van der Waals surface area contributed by atoms with Gasteiger partial charge in [-0.1, -0.05) is 83.9 Å². The molecule has 9 heteroatoms. The van der Waals surface area contributed by atoms with Crippen LogP contribution in [0.3, 0.4) is 0 Å². The van der Waals surface area contributed by atoms with Gasteiger partial charge in [0.1, 0.15) is 5.69 Å². The molecule has 0 radical (unpaired) electrons. The summed E-state index contributed by atoms with van der Waals surface area (Å²) in [5.74, 6) is 5.62. The fourth-order valence-electron chi connectivity index (χ4n) is 3.97. The minimum Gasteiger partial charge on any atom is -0.320 e. The average molecular weight is 528 g/mol. The number of hydrogen-bond donors (Lipinski definition) is 2. The van der Waals surface area contributed by atoms with Crippen molar-refractivity contribution in [1.82, 2.24) is 20.1 Å². The SMILES string of the molecule is Nn1nc(-c2ccc(Cl)cc2)c2ccccc2c1=O.O=c1[nH]nc(-c2ccc(Cl)cc2)c2ccccc12. The van der Waals surface area contributed by atoms with Crippen LogP contribution in [-0.2, 0) is 0 Å². The van der Waals surface area contributed by atoms with Crippen LogP contribution >= 0.6 is 23.2 Å². The normalized spacial score (nSPS) is 10.8. The maximum absolute atomic E-state index is 11.9. The second kappa shape index (κ2) is 10.3. The van der Waals surface area contributed by atoms with Crippen LogP contribution < -0.4 is 17.0 Å². The Morgan fingerprint density at radius 3 is 1.65 bits per heavy atom. The highest BCUT2D eigenvalue weighted by Gasteiger charge is 2.10. The third kappa shape index (κ3) is 4.95. The summed E-state index contributed by atoms with van der Waals surface area (Å²) in [5.41, 5.74) is 2.71. The molecule has 6 rings (SSSR count). The van der Waals surface area contributed by atoms with Crippen molar-refractivity contribution in [2.45, 2.75) is 0 Å². The number of rotatable bonds is 2. The molecule has 2 aromatic heterocycles. The highest BCUT2D eigenvalue weighted by Crippen LogP contribution is 2.26. The summed E-state index contributed by atoms with van der Waals surface area (Å²) in [6.45, 7) is 0. The van der Waals surface area contributed by atoms with E-state index in [9.17, 15) is 9.59 Å². The van der Waals surface area contributed by atoms with Crippen LogP contribution in [0.5, 0.6) is 0 Å². The number of fused-ring (bicyclic) bond motifs is 2. The number of hydrogen-bond acceptors (Lipinski definition) is 5. The second-order valence-corrected chi connectivity index (χ2v) is 8.98. The van der Waals surface area contributed by atoms with Gasteiger partial charge in [0, 0.05) is 31.9 Å². The van der Waals surface area contributed by atoms with Crippen molar-refractivity contribution >= 4 is 44.7 Å². The molecule has 0 aliphatic carbocycles. The zero-order chi connectivity index (χ0) is 25.9. The van der Waals surface area contributed by atoms with Gasteiger partial charge >= 0.3 is 0 Å². The van der Waals surface area contributed by atoms with Crippen molar-refractivity contribution in [2.24, 2.45) is 0 Å². The van der Waals surface area contributed by atoms with Gasteiger partial charge in [0.15, 0.2) is 0 Å². The third-order valence-corrected chi connectivity index (χ3v) is 6.26. The molecule has 182 valence electrons. The first-order chi connectivity index (χ1) is 17.9. The highest BCUT2D eigenvalue weighted by molar-refractivity contribution is 6.31. The zero-order valence-electron chi connectivity index (χ0n) is 19.2. The zero-order valence-corrected chi connectivity index (χ0v) is 20.7. The molecule has 4 aromatic carbocycles. The Morgan fingerprint density at radius 1 is 0.622 bits per heavy atom. The summed E-state index contributed by atoms with van der Waals surface area (Å²) < 4.78 is 0. The first-order valence-corrected chi connectivity index (χ1v) is 11.9. The summed E-state index contributed by atoms with van der Waals surface area (Å²) in [6.07, 6.45) is 0. The molecular formula is C28H19Cl2N5O2. The van der Waals surface area contributed by atoms with Gasteiger partial charge in [-0.2, -0.15) is 5.10 Å². The number of benzene rings is 4. The second-order valence-electron chi connectivity index (χ2n) is 8.10. The van der Waals surface area contributed by atoms with Gasteiger partial charge in [-0.25, -0.2) is 5.10 Å². The van der Waals surface area contributed by atoms with Crippen LogP contribution in [0.2, 0.25) is 10.0 Å². The molecule has 0 saturated heterocycles. The first-order valence-electron chi connectivity index (χ1n) is 11.2. The van der Waals surface area contributed by atoms with E-state index in [2.05, 4.69) is 15.3 Å². The van der Waals surface area contributed by atoms with E-state index in [-0.39, 0.29) is 11.1 Å². The van der Waals surface area contributed by atoms with E-state index in [1.54, 1.807) is 42.5 Å². The van der Waals surface area contributed by atoms with Crippen LogP contribution in [-0.4, -0.2) is 20.1 Å². The predicted octanol–water partition coefficient (Wildman–Crippen LogP) is 5.67. The molecule has 37 heavy (non-hydrogen) atoms. The number of nitrogens with two attached hydrogens (primary N) is 1.